The minimum absolute atomic E-state index is 0.00154. The molecule has 0 aliphatic carbocycles. The highest BCUT2D eigenvalue weighted by atomic mass is 79.9. The van der Waals surface area contributed by atoms with E-state index in [4.69, 9.17) is 16.3 Å². The number of hydrogen-bond donors (Lipinski definition) is 3. The van der Waals surface area contributed by atoms with Crippen LogP contribution in [0.2, 0.25) is 5.02 Å². The molecule has 2 atom stereocenters. The number of ether oxygens (including phenoxy) is 1. The number of amides is 1. The van der Waals surface area contributed by atoms with Gasteiger partial charge in [-0.05, 0) is 31.0 Å². The van der Waals surface area contributed by atoms with Crippen LogP contribution in [0, 0.1) is 11.6 Å². The van der Waals surface area contributed by atoms with Gasteiger partial charge < -0.3 is 25.2 Å². The van der Waals surface area contributed by atoms with Gasteiger partial charge in [0.25, 0.3) is 0 Å². The molecule has 0 aromatic heterocycles. The largest absolute Gasteiger partial charge is 0.490 e. The Hall–Kier alpha value is -1.94. The van der Waals surface area contributed by atoms with Crippen LogP contribution in [0.4, 0.5) is 20.2 Å². The van der Waals surface area contributed by atoms with Crippen LogP contribution in [0.5, 0.6) is 5.75 Å². The van der Waals surface area contributed by atoms with Crippen molar-refractivity contribution in [2.45, 2.75) is 31.0 Å². The number of anilines is 2. The summed E-state index contributed by atoms with van der Waals surface area (Å²) in [6.07, 6.45) is -0.601. The lowest BCUT2D eigenvalue weighted by atomic mass is 9.89. The van der Waals surface area contributed by atoms with Crippen molar-refractivity contribution in [3.05, 3.63) is 51.0 Å². The van der Waals surface area contributed by atoms with Crippen molar-refractivity contribution in [2.75, 3.05) is 29.9 Å². The molecule has 2 aromatic carbocycles. The predicted molar refractivity (Wildman–Crippen MR) is 116 cm³/mol. The number of aliphatic hydroxyl groups excluding tert-OH is 1. The predicted octanol–water partition coefficient (Wildman–Crippen LogP) is 3.65. The van der Waals surface area contributed by atoms with Gasteiger partial charge in [0.15, 0.2) is 0 Å². The number of nitrogens with zero attached hydrogens (tertiary/aromatic N) is 1. The van der Waals surface area contributed by atoms with Crippen LogP contribution in [0.15, 0.2) is 28.7 Å². The van der Waals surface area contributed by atoms with Gasteiger partial charge in [-0.25, -0.2) is 8.78 Å². The van der Waals surface area contributed by atoms with Gasteiger partial charge in [0.1, 0.15) is 40.7 Å². The third kappa shape index (κ3) is 4.37. The lowest BCUT2D eigenvalue weighted by molar-refractivity contribution is -0.116. The number of carbonyl (C=O) groups excluding carboxylic acids is 1. The zero-order valence-corrected chi connectivity index (χ0v) is 18.6. The molecule has 0 radical (unpaired) electrons. The molecule has 4 rings (SSSR count). The molecule has 166 valence electrons. The molecule has 2 aliphatic rings. The molecule has 6 nitrogen and oxygen atoms in total. The summed E-state index contributed by atoms with van der Waals surface area (Å²) in [6, 6.07) is 5.75. The fourth-order valence-corrected chi connectivity index (χ4v) is 4.43. The summed E-state index contributed by atoms with van der Waals surface area (Å²) in [5.41, 5.74) is -0.572. The molecule has 31 heavy (non-hydrogen) atoms. The molecular weight excluding hydrogens is 498 g/mol. The Balaban J connectivity index is 1.49. The number of aliphatic hydroxyl groups is 2. The monoisotopic (exact) mass is 516 g/mol. The summed E-state index contributed by atoms with van der Waals surface area (Å²) >= 11 is 9.18. The molecule has 2 aliphatic heterocycles. The fourth-order valence-electron chi connectivity index (χ4n) is 3.88. The zero-order chi connectivity index (χ0) is 22.3. The summed E-state index contributed by atoms with van der Waals surface area (Å²) in [5, 5.41) is 23.9. The summed E-state index contributed by atoms with van der Waals surface area (Å²) in [7, 11) is 0. The number of benzene rings is 2. The number of carbonyl (C=O) groups is 1. The Labute approximate surface area is 190 Å². The molecule has 3 N–H and O–H groups in total. The van der Waals surface area contributed by atoms with Crippen LogP contribution in [-0.2, 0) is 11.2 Å². The fraction of sp³-hybridized carbons (Fsp3) is 0.381. The maximum atomic E-state index is 14.3. The van der Waals surface area contributed by atoms with Gasteiger partial charge in [0.2, 0.25) is 5.91 Å². The highest BCUT2D eigenvalue weighted by molar-refractivity contribution is 9.10. The van der Waals surface area contributed by atoms with E-state index < -0.39 is 23.3 Å². The minimum atomic E-state index is -1.61. The minimum Gasteiger partial charge on any atom is -0.490 e. The van der Waals surface area contributed by atoms with Gasteiger partial charge in [-0.2, -0.15) is 0 Å². The van der Waals surface area contributed by atoms with Crippen molar-refractivity contribution < 1.29 is 28.5 Å². The molecular formula is C21H20BrClF2N2O4. The van der Waals surface area contributed by atoms with Crippen molar-refractivity contribution in [1.29, 1.82) is 0 Å². The summed E-state index contributed by atoms with van der Waals surface area (Å²) in [6.45, 7) is -0.00748. The maximum absolute atomic E-state index is 14.3. The number of halogens is 4. The molecule has 2 heterocycles. The second-order valence-electron chi connectivity index (χ2n) is 7.77. The second kappa shape index (κ2) is 8.54. The van der Waals surface area contributed by atoms with E-state index in [2.05, 4.69) is 21.2 Å². The van der Waals surface area contributed by atoms with Gasteiger partial charge in [0.05, 0.1) is 11.4 Å². The Kier molecular flexibility index (Phi) is 6.13. The number of β-amino-alcohol motifs (C(OH)–C–C–N with tert-alkyl or cyclic N) is 1. The van der Waals surface area contributed by atoms with E-state index in [9.17, 15) is 23.8 Å². The number of nitrogens with one attached hydrogen (secondary N) is 1. The van der Waals surface area contributed by atoms with Crippen LogP contribution >= 0.6 is 27.5 Å². The van der Waals surface area contributed by atoms with Gasteiger partial charge in [-0.1, -0.05) is 27.5 Å². The molecule has 0 spiro atoms. The van der Waals surface area contributed by atoms with Crippen molar-refractivity contribution >= 4 is 44.8 Å². The second-order valence-corrected chi connectivity index (χ2v) is 9.07. The molecule has 1 fully saturated rings. The van der Waals surface area contributed by atoms with E-state index in [0.29, 0.717) is 28.7 Å². The third-order valence-electron chi connectivity index (χ3n) is 5.71. The molecule has 1 saturated heterocycles. The van der Waals surface area contributed by atoms with Crippen molar-refractivity contribution in [2.24, 2.45) is 0 Å². The third-order valence-corrected chi connectivity index (χ3v) is 6.57. The van der Waals surface area contributed by atoms with E-state index in [1.807, 2.05) is 0 Å². The van der Waals surface area contributed by atoms with Crippen LogP contribution in [0.3, 0.4) is 0 Å². The van der Waals surface area contributed by atoms with E-state index in [1.165, 1.54) is 6.07 Å². The lowest BCUT2D eigenvalue weighted by Gasteiger charge is -2.42. The van der Waals surface area contributed by atoms with E-state index in [0.717, 1.165) is 6.07 Å². The van der Waals surface area contributed by atoms with Gasteiger partial charge in [-0.15, -0.1) is 0 Å². The molecule has 10 heteroatoms. The Morgan fingerprint density at radius 3 is 2.77 bits per heavy atom. The average molecular weight is 518 g/mol. The SMILES string of the molecule is O=C1CCc2c(OC[C@]3(O)CCN(c4ccc(Br)cc4F)C[C@H]3O)cc(F)c(Cl)c2N1. The summed E-state index contributed by atoms with van der Waals surface area (Å²) in [5.74, 6) is -1.31. The van der Waals surface area contributed by atoms with E-state index in [1.54, 1.807) is 17.0 Å². The topological polar surface area (TPSA) is 82.0 Å². The Morgan fingerprint density at radius 2 is 2.06 bits per heavy atom. The van der Waals surface area contributed by atoms with Crippen LogP contribution in [-0.4, -0.2) is 47.5 Å². The van der Waals surface area contributed by atoms with Crippen LogP contribution < -0.4 is 15.0 Å². The molecule has 0 bridgehead atoms. The van der Waals surface area contributed by atoms with Crippen LogP contribution in [0.1, 0.15) is 18.4 Å². The number of hydrogen-bond acceptors (Lipinski definition) is 5. The normalized spacial score (nSPS) is 23.4. The highest BCUT2D eigenvalue weighted by Gasteiger charge is 2.42. The quantitative estimate of drug-likeness (QED) is 0.577. The van der Waals surface area contributed by atoms with Crippen LogP contribution in [0.25, 0.3) is 0 Å². The number of piperidine rings is 1. The first-order valence-corrected chi connectivity index (χ1v) is 10.9. The highest BCUT2D eigenvalue weighted by Crippen LogP contribution is 2.40. The standard InChI is InChI=1S/C21H20BrClF2N2O4/c22-11-1-3-15(13(24)7-11)27-6-5-21(30,17(28)9-27)10-31-16-8-14(25)19(23)20-12(16)2-4-18(29)26-20/h1,3,7-8,17,28,30H,2,4-6,9-10H2,(H,26,29)/t17-,21-/m1/s1. The van der Waals surface area contributed by atoms with Gasteiger partial charge in [0, 0.05) is 35.6 Å². The van der Waals surface area contributed by atoms with E-state index >= 15 is 0 Å². The molecule has 0 saturated carbocycles. The van der Waals surface area contributed by atoms with Crippen molar-refractivity contribution in [1.82, 2.24) is 0 Å². The number of rotatable bonds is 4. The molecule has 0 unspecified atom stereocenters. The molecule has 1 amide bonds. The van der Waals surface area contributed by atoms with Crippen molar-refractivity contribution in [3.63, 3.8) is 0 Å². The summed E-state index contributed by atoms with van der Waals surface area (Å²) < 4.78 is 34.8. The first-order valence-electron chi connectivity index (χ1n) is 9.72. The molecule has 2 aromatic rings. The van der Waals surface area contributed by atoms with Crippen molar-refractivity contribution in [3.8, 4) is 5.75 Å². The first kappa shape index (κ1) is 22.3. The zero-order valence-electron chi connectivity index (χ0n) is 16.3. The smallest absolute Gasteiger partial charge is 0.224 e. The first-order chi connectivity index (χ1) is 14.7. The maximum Gasteiger partial charge on any atom is 0.224 e. The van der Waals surface area contributed by atoms with E-state index in [-0.39, 0.29) is 48.4 Å². The summed E-state index contributed by atoms with van der Waals surface area (Å²) in [4.78, 5) is 13.3. The van der Waals surface area contributed by atoms with Gasteiger partial charge in [-0.3, -0.25) is 4.79 Å². The average Bonchev–Trinajstić information content (AvgIpc) is 2.72. The Bertz CT molecular complexity index is 1040. The Morgan fingerprint density at radius 1 is 1.29 bits per heavy atom. The lowest BCUT2D eigenvalue weighted by Crippen LogP contribution is -2.58. The van der Waals surface area contributed by atoms with Gasteiger partial charge >= 0.3 is 0 Å². The number of fused-ring (bicyclic) bond motifs is 1.